The summed E-state index contributed by atoms with van der Waals surface area (Å²) in [5.41, 5.74) is 6.43. The minimum Gasteiger partial charge on any atom is -0.351 e. The highest BCUT2D eigenvalue weighted by molar-refractivity contribution is 6.01. The lowest BCUT2D eigenvalue weighted by Crippen LogP contribution is -2.22. The monoisotopic (exact) mass is 474 g/mol. The summed E-state index contributed by atoms with van der Waals surface area (Å²) in [6.45, 7) is 2.54. The SMILES string of the molecule is Cn1ccc2cc(NC(=O)Nc3ccc(CN(Cc4ccccc4)Cc4ccccc4)cc3)ccc21. The van der Waals surface area contributed by atoms with Crippen molar-refractivity contribution in [2.45, 2.75) is 19.6 Å². The van der Waals surface area contributed by atoms with Crippen molar-refractivity contribution in [3.8, 4) is 0 Å². The van der Waals surface area contributed by atoms with Crippen molar-refractivity contribution in [3.05, 3.63) is 132 Å². The number of nitrogens with zero attached hydrogens (tertiary/aromatic N) is 2. The Bertz CT molecular complexity index is 1380. The molecule has 0 fully saturated rings. The highest BCUT2D eigenvalue weighted by Gasteiger charge is 2.10. The second-order valence-corrected chi connectivity index (χ2v) is 9.09. The molecule has 180 valence electrons. The first-order valence-electron chi connectivity index (χ1n) is 12.1. The predicted molar refractivity (Wildman–Crippen MR) is 148 cm³/mol. The van der Waals surface area contributed by atoms with E-state index in [0.29, 0.717) is 0 Å². The molecule has 0 unspecified atom stereocenters. The molecule has 0 radical (unpaired) electrons. The van der Waals surface area contributed by atoms with E-state index in [4.69, 9.17) is 0 Å². The first-order valence-corrected chi connectivity index (χ1v) is 12.1. The van der Waals surface area contributed by atoms with E-state index in [1.54, 1.807) is 0 Å². The van der Waals surface area contributed by atoms with Gasteiger partial charge in [-0.1, -0.05) is 72.8 Å². The first-order chi connectivity index (χ1) is 17.6. The maximum absolute atomic E-state index is 12.6. The molecule has 5 aromatic rings. The molecule has 4 aromatic carbocycles. The van der Waals surface area contributed by atoms with Gasteiger partial charge >= 0.3 is 6.03 Å². The van der Waals surface area contributed by atoms with Gasteiger partial charge < -0.3 is 15.2 Å². The highest BCUT2D eigenvalue weighted by atomic mass is 16.2. The Kier molecular flexibility index (Phi) is 7.10. The minimum atomic E-state index is -0.257. The molecule has 0 saturated carbocycles. The summed E-state index contributed by atoms with van der Waals surface area (Å²) in [7, 11) is 2.01. The second-order valence-electron chi connectivity index (χ2n) is 9.09. The summed E-state index contributed by atoms with van der Waals surface area (Å²) in [5, 5.41) is 6.95. The highest BCUT2D eigenvalue weighted by Crippen LogP contribution is 2.20. The number of anilines is 2. The Balaban J connectivity index is 1.22. The van der Waals surface area contributed by atoms with Crippen molar-refractivity contribution in [3.63, 3.8) is 0 Å². The Morgan fingerprint density at radius 1 is 0.667 bits per heavy atom. The van der Waals surface area contributed by atoms with Gasteiger partial charge in [0.15, 0.2) is 0 Å². The van der Waals surface area contributed by atoms with Crippen LogP contribution < -0.4 is 10.6 Å². The minimum absolute atomic E-state index is 0.257. The lowest BCUT2D eigenvalue weighted by Gasteiger charge is -2.23. The molecule has 0 atom stereocenters. The number of fused-ring (bicyclic) bond motifs is 1. The van der Waals surface area contributed by atoms with Gasteiger partial charge in [-0.05, 0) is 53.1 Å². The fourth-order valence-electron chi connectivity index (χ4n) is 4.46. The van der Waals surface area contributed by atoms with Crippen molar-refractivity contribution < 1.29 is 4.79 Å². The fraction of sp³-hybridized carbons (Fsp3) is 0.129. The number of aromatic nitrogens is 1. The Hall–Kier alpha value is -4.35. The van der Waals surface area contributed by atoms with Crippen LogP contribution in [0.15, 0.2) is 115 Å². The molecule has 0 bridgehead atoms. The molecule has 0 spiro atoms. The van der Waals surface area contributed by atoms with Gasteiger partial charge in [0.05, 0.1) is 0 Å². The molecule has 0 aliphatic carbocycles. The number of rotatable bonds is 8. The maximum Gasteiger partial charge on any atom is 0.323 e. The topological polar surface area (TPSA) is 49.3 Å². The number of carbonyl (C=O) groups excluding carboxylic acids is 1. The van der Waals surface area contributed by atoms with Gasteiger partial charge in [-0.3, -0.25) is 4.90 Å². The molecule has 0 saturated heterocycles. The quantitative estimate of drug-likeness (QED) is 0.254. The summed E-state index contributed by atoms with van der Waals surface area (Å²) < 4.78 is 2.06. The first kappa shape index (κ1) is 23.4. The molecule has 0 aliphatic heterocycles. The van der Waals surface area contributed by atoms with Crippen LogP contribution in [0.2, 0.25) is 0 Å². The van der Waals surface area contributed by atoms with Crippen LogP contribution in [0.25, 0.3) is 10.9 Å². The van der Waals surface area contributed by atoms with E-state index in [1.807, 2.05) is 61.8 Å². The average Bonchev–Trinajstić information content (AvgIpc) is 3.26. The van der Waals surface area contributed by atoms with Gasteiger partial charge in [0, 0.05) is 55.2 Å². The zero-order valence-corrected chi connectivity index (χ0v) is 20.4. The molecule has 5 heteroatoms. The third kappa shape index (κ3) is 6.01. The summed E-state index contributed by atoms with van der Waals surface area (Å²) in [6.07, 6.45) is 2.01. The van der Waals surface area contributed by atoms with E-state index in [9.17, 15) is 4.79 Å². The molecule has 1 heterocycles. The average molecular weight is 475 g/mol. The summed E-state index contributed by atoms with van der Waals surface area (Å²) in [5.74, 6) is 0. The van der Waals surface area contributed by atoms with Crippen LogP contribution in [0.5, 0.6) is 0 Å². The van der Waals surface area contributed by atoms with E-state index in [1.165, 1.54) is 16.7 Å². The van der Waals surface area contributed by atoms with E-state index in [0.717, 1.165) is 41.9 Å². The van der Waals surface area contributed by atoms with Gasteiger partial charge in [0.2, 0.25) is 0 Å². The third-order valence-electron chi connectivity index (χ3n) is 6.26. The number of hydrogen-bond donors (Lipinski definition) is 2. The Morgan fingerprint density at radius 3 is 1.81 bits per heavy atom. The van der Waals surface area contributed by atoms with Gasteiger partial charge in [-0.2, -0.15) is 0 Å². The molecule has 1 aromatic heterocycles. The van der Waals surface area contributed by atoms with E-state index < -0.39 is 0 Å². The van der Waals surface area contributed by atoms with Crippen LogP contribution in [0.3, 0.4) is 0 Å². The lowest BCUT2D eigenvalue weighted by atomic mass is 10.1. The van der Waals surface area contributed by atoms with Gasteiger partial charge in [0.25, 0.3) is 0 Å². The van der Waals surface area contributed by atoms with Crippen LogP contribution in [0.1, 0.15) is 16.7 Å². The van der Waals surface area contributed by atoms with Crippen molar-refractivity contribution >= 4 is 28.3 Å². The smallest absolute Gasteiger partial charge is 0.323 e. The number of carbonyl (C=O) groups is 1. The molecule has 5 rings (SSSR count). The van der Waals surface area contributed by atoms with Gasteiger partial charge in [-0.15, -0.1) is 0 Å². The number of hydrogen-bond acceptors (Lipinski definition) is 2. The number of nitrogens with one attached hydrogen (secondary N) is 2. The molecule has 0 aliphatic rings. The molecule has 36 heavy (non-hydrogen) atoms. The fourth-order valence-corrected chi connectivity index (χ4v) is 4.46. The lowest BCUT2D eigenvalue weighted by molar-refractivity contribution is 0.247. The largest absolute Gasteiger partial charge is 0.351 e. The van der Waals surface area contributed by atoms with Crippen molar-refractivity contribution in [1.29, 1.82) is 0 Å². The molecular formula is C31H30N4O. The Morgan fingerprint density at radius 2 is 1.19 bits per heavy atom. The van der Waals surface area contributed by atoms with Crippen molar-refractivity contribution in [2.75, 3.05) is 10.6 Å². The van der Waals surface area contributed by atoms with Crippen molar-refractivity contribution in [1.82, 2.24) is 9.47 Å². The normalized spacial score (nSPS) is 11.1. The van der Waals surface area contributed by atoms with Gasteiger partial charge in [-0.25, -0.2) is 4.79 Å². The number of aryl methyl sites for hydroxylation is 1. The molecule has 2 N–H and O–H groups in total. The van der Waals surface area contributed by atoms with E-state index in [-0.39, 0.29) is 6.03 Å². The predicted octanol–water partition coefficient (Wildman–Crippen LogP) is 7.02. The zero-order chi connectivity index (χ0) is 24.7. The maximum atomic E-state index is 12.6. The van der Waals surface area contributed by atoms with Crippen LogP contribution in [-0.4, -0.2) is 15.5 Å². The van der Waals surface area contributed by atoms with Crippen LogP contribution >= 0.6 is 0 Å². The number of amides is 2. The number of benzene rings is 4. The Labute approximate surface area is 212 Å². The summed E-state index contributed by atoms with van der Waals surface area (Å²) in [4.78, 5) is 15.0. The van der Waals surface area contributed by atoms with E-state index in [2.05, 4.69) is 80.8 Å². The molecule has 2 amide bonds. The van der Waals surface area contributed by atoms with Crippen molar-refractivity contribution in [2.24, 2.45) is 7.05 Å². The molecule has 5 nitrogen and oxygen atoms in total. The van der Waals surface area contributed by atoms with Gasteiger partial charge in [0.1, 0.15) is 0 Å². The van der Waals surface area contributed by atoms with Crippen LogP contribution in [0, 0.1) is 0 Å². The third-order valence-corrected chi connectivity index (χ3v) is 6.26. The standard InChI is InChI=1S/C31H30N4O/c1-34-19-18-27-20-29(16-17-30(27)34)33-31(36)32-28-14-12-26(13-15-28)23-35(21-24-8-4-2-5-9-24)22-25-10-6-3-7-11-25/h2-20H,21-23H2,1H3,(H2,32,33,36). The van der Waals surface area contributed by atoms with Crippen LogP contribution in [-0.2, 0) is 26.7 Å². The van der Waals surface area contributed by atoms with Crippen LogP contribution in [0.4, 0.5) is 16.2 Å². The summed E-state index contributed by atoms with van der Waals surface area (Å²) >= 11 is 0. The molecular weight excluding hydrogens is 444 g/mol. The second kappa shape index (κ2) is 10.9. The summed E-state index contributed by atoms with van der Waals surface area (Å²) in [6, 6.07) is 36.8. The van der Waals surface area contributed by atoms with E-state index >= 15 is 0 Å². The number of urea groups is 1. The zero-order valence-electron chi connectivity index (χ0n) is 20.4.